The molecule has 0 amide bonds. The van der Waals surface area contributed by atoms with Crippen LogP contribution in [-0.4, -0.2) is 32.3 Å². The molecule has 1 aromatic rings. The maximum Gasteiger partial charge on any atom is 0.332 e. The summed E-state index contributed by atoms with van der Waals surface area (Å²) >= 11 is 0. The standard InChI is InChI=1S/C9H9NO6/c11-6-1-2-7(10(15)16)5(3-6)4-8(12)9(13)14/h1-3,8,11-12H,4H2,(H,13,14). The highest BCUT2D eigenvalue weighted by atomic mass is 16.6. The molecule has 1 atom stereocenters. The Balaban J connectivity index is 3.05. The van der Waals surface area contributed by atoms with Crippen molar-refractivity contribution >= 4 is 11.7 Å². The van der Waals surface area contributed by atoms with Crippen molar-refractivity contribution < 1.29 is 25.0 Å². The molecule has 0 aliphatic rings. The van der Waals surface area contributed by atoms with Gasteiger partial charge in [0, 0.05) is 18.1 Å². The Hall–Kier alpha value is -2.15. The summed E-state index contributed by atoms with van der Waals surface area (Å²) in [5.74, 6) is -1.70. The van der Waals surface area contributed by atoms with E-state index < -0.39 is 23.4 Å². The van der Waals surface area contributed by atoms with Crippen LogP contribution in [-0.2, 0) is 11.2 Å². The summed E-state index contributed by atoms with van der Waals surface area (Å²) in [6, 6.07) is 3.23. The van der Waals surface area contributed by atoms with Crippen molar-refractivity contribution in [3.05, 3.63) is 33.9 Å². The van der Waals surface area contributed by atoms with Gasteiger partial charge in [0.05, 0.1) is 4.92 Å². The molecule has 0 aromatic heterocycles. The number of phenols is 1. The molecule has 16 heavy (non-hydrogen) atoms. The van der Waals surface area contributed by atoms with Gasteiger partial charge < -0.3 is 15.3 Å². The topological polar surface area (TPSA) is 121 Å². The van der Waals surface area contributed by atoms with Gasteiger partial charge in [-0.3, -0.25) is 10.1 Å². The Labute approximate surface area is 89.7 Å². The number of aliphatic carboxylic acids is 1. The van der Waals surface area contributed by atoms with Crippen molar-refractivity contribution in [2.75, 3.05) is 0 Å². The molecule has 1 unspecified atom stereocenters. The Morgan fingerprint density at radius 2 is 2.12 bits per heavy atom. The zero-order valence-electron chi connectivity index (χ0n) is 8.03. The fourth-order valence-electron chi connectivity index (χ4n) is 1.21. The molecule has 0 saturated carbocycles. The van der Waals surface area contributed by atoms with E-state index in [0.29, 0.717) is 0 Å². The largest absolute Gasteiger partial charge is 0.508 e. The van der Waals surface area contributed by atoms with Gasteiger partial charge in [-0.2, -0.15) is 0 Å². The van der Waals surface area contributed by atoms with E-state index in [0.717, 1.165) is 18.2 Å². The van der Waals surface area contributed by atoms with Gasteiger partial charge in [0.1, 0.15) is 5.75 Å². The maximum atomic E-state index is 10.6. The number of carboxylic acid groups (broad SMARTS) is 1. The van der Waals surface area contributed by atoms with E-state index >= 15 is 0 Å². The Morgan fingerprint density at radius 3 is 2.62 bits per heavy atom. The van der Waals surface area contributed by atoms with E-state index in [4.69, 9.17) is 15.3 Å². The number of hydrogen-bond donors (Lipinski definition) is 3. The summed E-state index contributed by atoms with van der Waals surface area (Å²) in [4.78, 5) is 20.3. The predicted molar refractivity (Wildman–Crippen MR) is 52.1 cm³/mol. The first-order valence-corrected chi connectivity index (χ1v) is 4.29. The minimum absolute atomic E-state index is 0.0279. The number of nitro benzene ring substituents is 1. The van der Waals surface area contributed by atoms with Crippen LogP contribution >= 0.6 is 0 Å². The second-order valence-electron chi connectivity index (χ2n) is 3.13. The van der Waals surface area contributed by atoms with Gasteiger partial charge in [-0.1, -0.05) is 0 Å². The Bertz CT molecular complexity index is 430. The van der Waals surface area contributed by atoms with Gasteiger partial charge in [-0.05, 0) is 12.1 Å². The van der Waals surface area contributed by atoms with Crippen molar-refractivity contribution in [2.24, 2.45) is 0 Å². The number of carbonyl (C=O) groups is 1. The van der Waals surface area contributed by atoms with Crippen LogP contribution in [0.4, 0.5) is 5.69 Å². The molecule has 0 aliphatic heterocycles. The van der Waals surface area contributed by atoms with Crippen molar-refractivity contribution in [3.63, 3.8) is 0 Å². The molecule has 1 aromatic carbocycles. The number of benzene rings is 1. The summed E-state index contributed by atoms with van der Waals surface area (Å²) < 4.78 is 0. The Morgan fingerprint density at radius 1 is 1.50 bits per heavy atom. The second-order valence-corrected chi connectivity index (χ2v) is 3.13. The number of aromatic hydroxyl groups is 1. The van der Waals surface area contributed by atoms with Gasteiger partial charge >= 0.3 is 5.97 Å². The van der Waals surface area contributed by atoms with Gasteiger partial charge in [0.2, 0.25) is 0 Å². The van der Waals surface area contributed by atoms with Crippen molar-refractivity contribution in [2.45, 2.75) is 12.5 Å². The number of phenolic OH excluding ortho intramolecular Hbond substituents is 1. The quantitative estimate of drug-likeness (QED) is 0.502. The zero-order chi connectivity index (χ0) is 12.3. The Kier molecular flexibility index (Phi) is 3.41. The zero-order valence-corrected chi connectivity index (χ0v) is 8.03. The normalized spacial score (nSPS) is 12.1. The van der Waals surface area contributed by atoms with Gasteiger partial charge in [0.25, 0.3) is 5.69 Å². The fraction of sp³-hybridized carbons (Fsp3) is 0.222. The van der Waals surface area contributed by atoms with Gasteiger partial charge in [-0.15, -0.1) is 0 Å². The van der Waals surface area contributed by atoms with E-state index in [1.54, 1.807) is 0 Å². The molecular formula is C9H9NO6. The lowest BCUT2D eigenvalue weighted by molar-refractivity contribution is -0.385. The van der Waals surface area contributed by atoms with Crippen LogP contribution < -0.4 is 0 Å². The van der Waals surface area contributed by atoms with Gasteiger partial charge in [0.15, 0.2) is 6.10 Å². The monoisotopic (exact) mass is 227 g/mol. The van der Waals surface area contributed by atoms with Crippen LogP contribution in [0.15, 0.2) is 18.2 Å². The van der Waals surface area contributed by atoms with Crippen molar-refractivity contribution in [1.82, 2.24) is 0 Å². The van der Waals surface area contributed by atoms with E-state index in [2.05, 4.69) is 0 Å². The van der Waals surface area contributed by atoms with Gasteiger partial charge in [-0.25, -0.2) is 4.79 Å². The minimum atomic E-state index is -1.74. The van der Waals surface area contributed by atoms with E-state index in [1.807, 2.05) is 0 Å². The molecule has 0 saturated heterocycles. The van der Waals surface area contributed by atoms with Crippen LogP contribution in [0.3, 0.4) is 0 Å². The molecule has 3 N–H and O–H groups in total. The third kappa shape index (κ3) is 2.67. The van der Waals surface area contributed by atoms with Crippen molar-refractivity contribution in [3.8, 4) is 5.75 Å². The van der Waals surface area contributed by atoms with E-state index in [1.165, 1.54) is 0 Å². The summed E-state index contributed by atoms with van der Waals surface area (Å²) in [6.45, 7) is 0. The summed E-state index contributed by atoms with van der Waals surface area (Å²) in [7, 11) is 0. The van der Waals surface area contributed by atoms with E-state index in [9.17, 15) is 14.9 Å². The molecule has 0 spiro atoms. The first-order valence-electron chi connectivity index (χ1n) is 4.29. The molecule has 0 aliphatic carbocycles. The number of aliphatic hydroxyl groups is 1. The third-order valence-electron chi connectivity index (χ3n) is 1.96. The lowest BCUT2D eigenvalue weighted by Crippen LogP contribution is -2.22. The third-order valence-corrected chi connectivity index (χ3v) is 1.96. The molecule has 7 heteroatoms. The summed E-state index contributed by atoms with van der Waals surface area (Å²) in [6.07, 6.45) is -2.17. The number of nitrogens with zero attached hydrogens (tertiary/aromatic N) is 1. The van der Waals surface area contributed by atoms with Crippen LogP contribution in [0.5, 0.6) is 5.75 Å². The van der Waals surface area contributed by atoms with E-state index in [-0.39, 0.29) is 17.0 Å². The first-order chi connectivity index (χ1) is 7.41. The molecule has 0 fully saturated rings. The maximum absolute atomic E-state index is 10.6. The highest BCUT2D eigenvalue weighted by Gasteiger charge is 2.21. The molecule has 1 rings (SSSR count). The van der Waals surface area contributed by atoms with Crippen LogP contribution in [0.25, 0.3) is 0 Å². The first kappa shape index (κ1) is 11.9. The minimum Gasteiger partial charge on any atom is -0.508 e. The van der Waals surface area contributed by atoms with Crippen molar-refractivity contribution in [1.29, 1.82) is 0 Å². The van der Waals surface area contributed by atoms with Crippen LogP contribution in [0.1, 0.15) is 5.56 Å². The molecule has 0 bridgehead atoms. The summed E-state index contributed by atoms with van der Waals surface area (Å²) in [5.41, 5.74) is -0.363. The molecule has 7 nitrogen and oxygen atoms in total. The van der Waals surface area contributed by atoms with Crippen LogP contribution in [0, 0.1) is 10.1 Å². The lowest BCUT2D eigenvalue weighted by atomic mass is 10.1. The smallest absolute Gasteiger partial charge is 0.332 e. The fourth-order valence-corrected chi connectivity index (χ4v) is 1.21. The molecule has 0 radical (unpaired) electrons. The number of rotatable bonds is 4. The average molecular weight is 227 g/mol. The SMILES string of the molecule is O=C(O)C(O)Cc1cc(O)ccc1[N+](=O)[O-]. The molecular weight excluding hydrogens is 218 g/mol. The number of hydrogen-bond acceptors (Lipinski definition) is 5. The highest BCUT2D eigenvalue weighted by Crippen LogP contribution is 2.24. The lowest BCUT2D eigenvalue weighted by Gasteiger charge is -2.06. The average Bonchev–Trinajstić information content (AvgIpc) is 2.16. The summed E-state index contributed by atoms with van der Waals surface area (Å²) in [5, 5.41) is 37.2. The number of aliphatic hydroxyl groups excluding tert-OH is 1. The molecule has 86 valence electrons. The molecule has 0 heterocycles. The highest BCUT2D eigenvalue weighted by molar-refractivity contribution is 5.72. The predicted octanol–water partition coefficient (Wildman–Crippen LogP) is 0.288. The number of carboxylic acids is 1. The second kappa shape index (κ2) is 4.58. The van der Waals surface area contributed by atoms with Crippen LogP contribution in [0.2, 0.25) is 0 Å². The number of nitro groups is 1.